The smallest absolute Gasteiger partial charge is 0.205 e. The molecule has 108 valence electrons. The first-order valence-corrected chi connectivity index (χ1v) is 7.15. The summed E-state index contributed by atoms with van der Waals surface area (Å²) in [6.45, 7) is 7.84. The Morgan fingerprint density at radius 3 is 2.74 bits per heavy atom. The largest absolute Gasteiger partial charge is 0.383 e. The number of methoxy groups -OCH3 is 1. The molecule has 2 rings (SSSR count). The van der Waals surface area contributed by atoms with Gasteiger partial charge >= 0.3 is 0 Å². The maximum Gasteiger partial charge on any atom is 0.205 e. The molecule has 0 saturated carbocycles. The van der Waals surface area contributed by atoms with Gasteiger partial charge in [-0.25, -0.2) is 4.98 Å². The van der Waals surface area contributed by atoms with Crippen molar-refractivity contribution in [3.05, 3.63) is 11.9 Å². The molecule has 1 aliphatic heterocycles. The fourth-order valence-corrected chi connectivity index (χ4v) is 2.77. The predicted molar refractivity (Wildman–Crippen MR) is 77.4 cm³/mol. The van der Waals surface area contributed by atoms with E-state index >= 15 is 0 Å². The first-order chi connectivity index (χ1) is 9.11. The topological polar surface area (TPSA) is 56.3 Å². The van der Waals surface area contributed by atoms with Gasteiger partial charge in [-0.2, -0.15) is 0 Å². The number of aromatic nitrogens is 2. The van der Waals surface area contributed by atoms with Gasteiger partial charge in [-0.05, 0) is 32.6 Å². The van der Waals surface area contributed by atoms with Crippen LogP contribution < -0.4 is 10.6 Å². The van der Waals surface area contributed by atoms with E-state index in [1.165, 1.54) is 0 Å². The van der Waals surface area contributed by atoms with Gasteiger partial charge < -0.3 is 19.9 Å². The molecule has 1 atom stereocenters. The van der Waals surface area contributed by atoms with Crippen molar-refractivity contribution in [2.75, 3.05) is 31.7 Å². The van der Waals surface area contributed by atoms with E-state index in [0.717, 1.165) is 50.7 Å². The molecule has 5 nitrogen and oxygen atoms in total. The molecule has 2 N–H and O–H groups in total. The minimum atomic E-state index is 0.303. The second-order valence-corrected chi connectivity index (χ2v) is 5.55. The average molecular weight is 266 g/mol. The van der Waals surface area contributed by atoms with Crippen LogP contribution in [-0.4, -0.2) is 42.4 Å². The van der Waals surface area contributed by atoms with Gasteiger partial charge in [-0.1, -0.05) is 0 Å². The Morgan fingerprint density at radius 2 is 2.16 bits per heavy atom. The summed E-state index contributed by atoms with van der Waals surface area (Å²) in [6.07, 6.45) is 4.42. The van der Waals surface area contributed by atoms with Gasteiger partial charge in [-0.15, -0.1) is 0 Å². The summed E-state index contributed by atoms with van der Waals surface area (Å²) in [6, 6.07) is 0.303. The first kappa shape index (κ1) is 14.3. The summed E-state index contributed by atoms with van der Waals surface area (Å²) in [5, 5.41) is 0. The molecule has 1 aromatic rings. The van der Waals surface area contributed by atoms with Gasteiger partial charge in [-0.3, -0.25) is 0 Å². The second-order valence-electron chi connectivity index (χ2n) is 5.55. The summed E-state index contributed by atoms with van der Waals surface area (Å²) in [5.41, 5.74) is 7.06. The van der Waals surface area contributed by atoms with Gasteiger partial charge in [0.15, 0.2) is 0 Å². The van der Waals surface area contributed by atoms with Crippen LogP contribution in [0.4, 0.5) is 5.95 Å². The number of anilines is 1. The fourth-order valence-electron chi connectivity index (χ4n) is 2.77. The van der Waals surface area contributed by atoms with E-state index in [1.807, 2.05) is 6.92 Å². The van der Waals surface area contributed by atoms with E-state index in [9.17, 15) is 0 Å². The second kappa shape index (κ2) is 6.39. The zero-order valence-corrected chi connectivity index (χ0v) is 12.3. The SMILES string of the molecule is COCCn1cc(C)nc1N1CCC(C(C)N)CC1. The van der Waals surface area contributed by atoms with Crippen LogP contribution in [-0.2, 0) is 11.3 Å². The number of nitrogens with two attached hydrogens (primary N) is 1. The predicted octanol–water partition coefficient (Wildman–Crippen LogP) is 1.40. The molecule has 19 heavy (non-hydrogen) atoms. The molecular formula is C14H26N4O. The number of ether oxygens (including phenoxy) is 1. The van der Waals surface area contributed by atoms with Crippen LogP contribution in [0.3, 0.4) is 0 Å². The molecule has 5 heteroatoms. The fraction of sp³-hybridized carbons (Fsp3) is 0.786. The number of rotatable bonds is 5. The molecule has 1 aromatic heterocycles. The Bertz CT molecular complexity index is 394. The van der Waals surface area contributed by atoms with Crippen LogP contribution >= 0.6 is 0 Å². The van der Waals surface area contributed by atoms with Crippen LogP contribution in [0.1, 0.15) is 25.5 Å². The van der Waals surface area contributed by atoms with Crippen molar-refractivity contribution in [1.29, 1.82) is 0 Å². The molecule has 0 amide bonds. The molecule has 0 aliphatic carbocycles. The Kier molecular flexibility index (Phi) is 4.82. The maximum absolute atomic E-state index is 6.00. The summed E-state index contributed by atoms with van der Waals surface area (Å²) < 4.78 is 7.36. The first-order valence-electron chi connectivity index (χ1n) is 7.15. The third-order valence-corrected chi connectivity index (χ3v) is 3.98. The lowest BCUT2D eigenvalue weighted by atomic mass is 9.91. The highest BCUT2D eigenvalue weighted by Crippen LogP contribution is 2.24. The van der Waals surface area contributed by atoms with Crippen molar-refractivity contribution in [2.45, 2.75) is 39.3 Å². The van der Waals surface area contributed by atoms with Crippen LogP contribution in [0.2, 0.25) is 0 Å². The van der Waals surface area contributed by atoms with E-state index < -0.39 is 0 Å². The molecule has 0 aromatic carbocycles. The third kappa shape index (κ3) is 3.48. The van der Waals surface area contributed by atoms with Crippen LogP contribution in [0, 0.1) is 12.8 Å². The minimum absolute atomic E-state index is 0.303. The van der Waals surface area contributed by atoms with Gasteiger partial charge in [0.25, 0.3) is 0 Å². The zero-order chi connectivity index (χ0) is 13.8. The van der Waals surface area contributed by atoms with Crippen LogP contribution in [0.25, 0.3) is 0 Å². The van der Waals surface area contributed by atoms with Gasteiger partial charge in [0, 0.05) is 39.0 Å². The summed E-state index contributed by atoms with van der Waals surface area (Å²) in [5.74, 6) is 1.73. The quantitative estimate of drug-likeness (QED) is 0.875. The number of imidazole rings is 1. The molecule has 1 aliphatic rings. The van der Waals surface area contributed by atoms with Crippen molar-refractivity contribution >= 4 is 5.95 Å². The summed E-state index contributed by atoms with van der Waals surface area (Å²) >= 11 is 0. The third-order valence-electron chi connectivity index (χ3n) is 3.98. The number of aryl methyl sites for hydroxylation is 1. The van der Waals surface area contributed by atoms with E-state index in [1.54, 1.807) is 7.11 Å². The Balaban J connectivity index is 2.02. The molecule has 1 fully saturated rings. The highest BCUT2D eigenvalue weighted by molar-refractivity contribution is 5.34. The average Bonchev–Trinajstić information content (AvgIpc) is 2.77. The summed E-state index contributed by atoms with van der Waals surface area (Å²) in [4.78, 5) is 7.04. The van der Waals surface area contributed by atoms with Crippen molar-refractivity contribution < 1.29 is 4.74 Å². The lowest BCUT2D eigenvalue weighted by molar-refractivity contribution is 0.187. The van der Waals surface area contributed by atoms with E-state index in [4.69, 9.17) is 10.5 Å². The molecule has 1 saturated heterocycles. The lowest BCUT2D eigenvalue weighted by Crippen LogP contribution is -2.40. The lowest BCUT2D eigenvalue weighted by Gasteiger charge is -2.34. The zero-order valence-electron chi connectivity index (χ0n) is 12.3. The van der Waals surface area contributed by atoms with Crippen LogP contribution in [0.15, 0.2) is 6.20 Å². The highest BCUT2D eigenvalue weighted by atomic mass is 16.5. The molecule has 2 heterocycles. The number of nitrogens with zero attached hydrogens (tertiary/aromatic N) is 3. The number of hydrogen-bond acceptors (Lipinski definition) is 4. The Morgan fingerprint density at radius 1 is 1.47 bits per heavy atom. The monoisotopic (exact) mass is 266 g/mol. The van der Waals surface area contributed by atoms with Crippen molar-refractivity contribution in [2.24, 2.45) is 11.7 Å². The van der Waals surface area contributed by atoms with Gasteiger partial charge in [0.05, 0.1) is 12.3 Å². The number of hydrogen-bond donors (Lipinski definition) is 1. The van der Waals surface area contributed by atoms with Crippen molar-refractivity contribution in [3.8, 4) is 0 Å². The molecule has 0 spiro atoms. The van der Waals surface area contributed by atoms with Gasteiger partial charge in [0.2, 0.25) is 5.95 Å². The van der Waals surface area contributed by atoms with E-state index in [0.29, 0.717) is 12.0 Å². The summed E-state index contributed by atoms with van der Waals surface area (Å²) in [7, 11) is 1.73. The number of piperidine rings is 1. The maximum atomic E-state index is 6.00. The van der Waals surface area contributed by atoms with Gasteiger partial charge in [0.1, 0.15) is 0 Å². The minimum Gasteiger partial charge on any atom is -0.383 e. The van der Waals surface area contributed by atoms with E-state index in [2.05, 4.69) is 27.6 Å². The highest BCUT2D eigenvalue weighted by Gasteiger charge is 2.24. The van der Waals surface area contributed by atoms with Crippen molar-refractivity contribution in [1.82, 2.24) is 9.55 Å². The molecule has 1 unspecified atom stereocenters. The molecule has 0 radical (unpaired) electrons. The van der Waals surface area contributed by atoms with E-state index in [-0.39, 0.29) is 0 Å². The van der Waals surface area contributed by atoms with Crippen molar-refractivity contribution in [3.63, 3.8) is 0 Å². The Labute approximate surface area is 115 Å². The standard InChI is InChI=1S/C14H26N4O/c1-11-10-18(8-9-19-3)14(16-11)17-6-4-13(5-7-17)12(2)15/h10,12-13H,4-9,15H2,1-3H3. The molecule has 0 bridgehead atoms. The van der Waals surface area contributed by atoms with Crippen LogP contribution in [0.5, 0.6) is 0 Å². The normalized spacial score (nSPS) is 18.8. The molecular weight excluding hydrogens is 240 g/mol. The Hall–Kier alpha value is -1.07.